The third-order valence-electron chi connectivity index (χ3n) is 5.74. The van der Waals surface area contributed by atoms with Gasteiger partial charge in [-0.1, -0.05) is 42.5 Å². The molecule has 1 aliphatic heterocycles. The van der Waals surface area contributed by atoms with Crippen LogP contribution in [0.4, 0.5) is 9.18 Å². The first-order valence-electron chi connectivity index (χ1n) is 10.7. The van der Waals surface area contributed by atoms with Crippen molar-refractivity contribution < 1.29 is 23.8 Å². The first kappa shape index (κ1) is 22.3. The molecule has 170 valence electrons. The first-order valence-corrected chi connectivity index (χ1v) is 10.7. The Morgan fingerprint density at radius 3 is 2.36 bits per heavy atom. The van der Waals surface area contributed by atoms with Gasteiger partial charge in [-0.2, -0.15) is 0 Å². The molecule has 0 unspecified atom stereocenters. The molecule has 33 heavy (non-hydrogen) atoms. The van der Waals surface area contributed by atoms with Gasteiger partial charge in [0, 0.05) is 31.7 Å². The number of hydrogen-bond donors (Lipinski definition) is 1. The zero-order valence-corrected chi connectivity index (χ0v) is 18.3. The van der Waals surface area contributed by atoms with Crippen LogP contribution in [0.5, 0.6) is 5.75 Å². The summed E-state index contributed by atoms with van der Waals surface area (Å²) < 4.78 is 19.7. The summed E-state index contributed by atoms with van der Waals surface area (Å²) in [6, 6.07) is 19.3. The van der Waals surface area contributed by atoms with Crippen molar-refractivity contribution >= 4 is 12.0 Å². The molecule has 1 N–H and O–H groups in total. The third-order valence-corrected chi connectivity index (χ3v) is 5.74. The molecule has 0 bridgehead atoms. The zero-order valence-electron chi connectivity index (χ0n) is 18.3. The Balaban J connectivity index is 1.61. The van der Waals surface area contributed by atoms with Crippen LogP contribution in [0.1, 0.15) is 16.7 Å². The fourth-order valence-corrected chi connectivity index (χ4v) is 4.12. The maximum atomic E-state index is 14.3. The van der Waals surface area contributed by atoms with E-state index in [1.165, 1.54) is 19.2 Å². The number of ether oxygens (including phenoxy) is 1. The average Bonchev–Trinajstić information content (AvgIpc) is 3.14. The number of carboxylic acids is 1. The molecule has 0 aromatic heterocycles. The molecule has 2 amide bonds. The molecule has 1 heterocycles. The van der Waals surface area contributed by atoms with Crippen LogP contribution in [0.2, 0.25) is 0 Å². The van der Waals surface area contributed by atoms with Gasteiger partial charge in [0.25, 0.3) is 0 Å². The van der Waals surface area contributed by atoms with Gasteiger partial charge in [-0.3, -0.25) is 4.79 Å². The van der Waals surface area contributed by atoms with Crippen molar-refractivity contribution in [1.29, 1.82) is 0 Å². The number of urea groups is 1. The Morgan fingerprint density at radius 2 is 1.67 bits per heavy atom. The standard InChI is InChI=1S/C26H25FN2O4/c1-33-24-10-7-19(14-25(30)31)13-23(24)22-15-21(27)9-8-20(22)17-29-12-11-28(26(29)32)16-18-5-3-2-4-6-18/h2-10,13,15H,11-12,14,16-17H2,1H3,(H,30,31). The highest BCUT2D eigenvalue weighted by Crippen LogP contribution is 2.35. The molecule has 3 aromatic rings. The van der Waals surface area contributed by atoms with E-state index in [-0.39, 0.29) is 12.5 Å². The molecule has 7 heteroatoms. The minimum atomic E-state index is -0.952. The van der Waals surface area contributed by atoms with Gasteiger partial charge in [-0.25, -0.2) is 9.18 Å². The Morgan fingerprint density at radius 1 is 0.939 bits per heavy atom. The van der Waals surface area contributed by atoms with Crippen LogP contribution in [-0.2, 0) is 24.3 Å². The smallest absolute Gasteiger partial charge is 0.320 e. The van der Waals surface area contributed by atoms with Crippen LogP contribution in [-0.4, -0.2) is 47.1 Å². The number of carbonyl (C=O) groups excluding carboxylic acids is 1. The minimum Gasteiger partial charge on any atom is -0.496 e. The lowest BCUT2D eigenvalue weighted by molar-refractivity contribution is -0.136. The molecule has 4 rings (SSSR count). The molecular weight excluding hydrogens is 423 g/mol. The fraction of sp³-hybridized carbons (Fsp3) is 0.231. The first-order chi connectivity index (χ1) is 15.9. The summed E-state index contributed by atoms with van der Waals surface area (Å²) >= 11 is 0. The molecule has 0 saturated carbocycles. The monoisotopic (exact) mass is 448 g/mol. The maximum absolute atomic E-state index is 14.3. The second-order valence-corrected chi connectivity index (χ2v) is 8.02. The van der Waals surface area contributed by atoms with E-state index in [1.54, 1.807) is 34.1 Å². The molecule has 0 spiro atoms. The largest absolute Gasteiger partial charge is 0.496 e. The molecule has 0 aliphatic carbocycles. The highest BCUT2D eigenvalue weighted by molar-refractivity contribution is 5.79. The van der Waals surface area contributed by atoms with Crippen LogP contribution < -0.4 is 4.74 Å². The van der Waals surface area contributed by atoms with Crippen molar-refractivity contribution in [2.45, 2.75) is 19.5 Å². The summed E-state index contributed by atoms with van der Waals surface area (Å²) in [4.78, 5) is 27.7. The quantitative estimate of drug-likeness (QED) is 0.548. The molecule has 1 saturated heterocycles. The van der Waals surface area contributed by atoms with Gasteiger partial charge >= 0.3 is 12.0 Å². The predicted molar refractivity (Wildman–Crippen MR) is 122 cm³/mol. The van der Waals surface area contributed by atoms with E-state index >= 15 is 0 Å². The van der Waals surface area contributed by atoms with Crippen LogP contribution in [0.25, 0.3) is 11.1 Å². The van der Waals surface area contributed by atoms with Crippen molar-refractivity contribution in [2.75, 3.05) is 20.2 Å². The second kappa shape index (κ2) is 9.73. The Hall–Kier alpha value is -3.87. The van der Waals surface area contributed by atoms with Gasteiger partial charge in [0.15, 0.2) is 0 Å². The number of methoxy groups -OCH3 is 1. The van der Waals surface area contributed by atoms with Crippen molar-refractivity contribution in [2.24, 2.45) is 0 Å². The van der Waals surface area contributed by atoms with Crippen LogP contribution in [0, 0.1) is 5.82 Å². The summed E-state index contributed by atoms with van der Waals surface area (Å²) in [5.74, 6) is -0.862. The number of carbonyl (C=O) groups is 2. The summed E-state index contributed by atoms with van der Waals surface area (Å²) in [5, 5.41) is 9.16. The van der Waals surface area contributed by atoms with Gasteiger partial charge in [0.1, 0.15) is 11.6 Å². The van der Waals surface area contributed by atoms with E-state index in [2.05, 4.69) is 0 Å². The zero-order chi connectivity index (χ0) is 23.4. The molecule has 0 radical (unpaired) electrons. The number of nitrogens with zero attached hydrogens (tertiary/aromatic N) is 2. The summed E-state index contributed by atoms with van der Waals surface area (Å²) in [6.07, 6.45) is -0.152. The average molecular weight is 448 g/mol. The van der Waals surface area contributed by atoms with E-state index in [0.29, 0.717) is 48.6 Å². The topological polar surface area (TPSA) is 70.1 Å². The lowest BCUT2D eigenvalue weighted by Crippen LogP contribution is -2.31. The summed E-state index contributed by atoms with van der Waals surface area (Å²) in [5.41, 5.74) is 3.58. The molecule has 6 nitrogen and oxygen atoms in total. The summed E-state index contributed by atoms with van der Waals surface area (Å²) in [6.45, 7) is 2.03. The molecule has 0 atom stereocenters. The Kier molecular flexibility index (Phi) is 6.58. The summed E-state index contributed by atoms with van der Waals surface area (Å²) in [7, 11) is 1.51. The lowest BCUT2D eigenvalue weighted by Gasteiger charge is -2.21. The number of benzene rings is 3. The van der Waals surface area contributed by atoms with E-state index in [4.69, 9.17) is 9.84 Å². The predicted octanol–water partition coefficient (Wildman–Crippen LogP) is 4.57. The molecule has 1 aliphatic rings. The van der Waals surface area contributed by atoms with Gasteiger partial charge in [0.2, 0.25) is 0 Å². The van der Waals surface area contributed by atoms with Gasteiger partial charge in [-0.05, 0) is 46.5 Å². The van der Waals surface area contributed by atoms with Crippen LogP contribution >= 0.6 is 0 Å². The number of halogens is 1. The van der Waals surface area contributed by atoms with Gasteiger partial charge < -0.3 is 19.6 Å². The van der Waals surface area contributed by atoms with Crippen molar-refractivity contribution in [3.8, 4) is 16.9 Å². The van der Waals surface area contributed by atoms with Crippen molar-refractivity contribution in [3.05, 3.63) is 89.2 Å². The van der Waals surface area contributed by atoms with Crippen molar-refractivity contribution in [1.82, 2.24) is 9.80 Å². The fourth-order valence-electron chi connectivity index (χ4n) is 4.12. The van der Waals surface area contributed by atoms with Crippen LogP contribution in [0.3, 0.4) is 0 Å². The highest BCUT2D eigenvalue weighted by atomic mass is 19.1. The second-order valence-electron chi connectivity index (χ2n) is 8.02. The lowest BCUT2D eigenvalue weighted by atomic mass is 9.95. The number of aliphatic carboxylic acids is 1. The minimum absolute atomic E-state index is 0.0688. The van der Waals surface area contributed by atoms with Gasteiger partial charge in [-0.15, -0.1) is 0 Å². The number of carboxylic acid groups (broad SMARTS) is 1. The van der Waals surface area contributed by atoms with E-state index in [0.717, 1.165) is 11.1 Å². The molecule has 1 fully saturated rings. The SMILES string of the molecule is COc1ccc(CC(=O)O)cc1-c1cc(F)ccc1CN1CCN(Cc2ccccc2)C1=O. The van der Waals surface area contributed by atoms with E-state index in [1.807, 2.05) is 30.3 Å². The van der Waals surface area contributed by atoms with Crippen LogP contribution in [0.15, 0.2) is 66.7 Å². The Labute approximate surface area is 191 Å². The van der Waals surface area contributed by atoms with E-state index < -0.39 is 11.8 Å². The Bertz CT molecular complexity index is 1170. The third kappa shape index (κ3) is 5.14. The number of amides is 2. The maximum Gasteiger partial charge on any atom is 0.320 e. The highest BCUT2D eigenvalue weighted by Gasteiger charge is 2.29. The normalized spacial score (nSPS) is 13.5. The number of hydrogen-bond acceptors (Lipinski definition) is 3. The van der Waals surface area contributed by atoms with Crippen molar-refractivity contribution in [3.63, 3.8) is 0 Å². The molecular formula is C26H25FN2O4. The van der Waals surface area contributed by atoms with E-state index in [9.17, 15) is 14.0 Å². The molecule has 3 aromatic carbocycles. The van der Waals surface area contributed by atoms with Gasteiger partial charge in [0.05, 0.1) is 13.5 Å². The number of rotatable bonds is 8.